The van der Waals surface area contributed by atoms with Gasteiger partial charge in [-0.05, 0) is 6.42 Å². The molecular weight excluding hydrogens is 244 g/mol. The number of amides is 1. The number of hydrogen-bond acceptors (Lipinski definition) is 4. The summed E-state index contributed by atoms with van der Waals surface area (Å²) in [5, 5.41) is 0. The van der Waals surface area contributed by atoms with Crippen LogP contribution in [0.4, 0.5) is 4.79 Å². The number of ether oxygens (including phenoxy) is 1. The van der Waals surface area contributed by atoms with Gasteiger partial charge in [-0.25, -0.2) is 13.2 Å². The van der Waals surface area contributed by atoms with Crippen LogP contribution in [-0.4, -0.2) is 61.8 Å². The molecular formula is C10H16N2O4S. The van der Waals surface area contributed by atoms with E-state index in [4.69, 9.17) is 4.74 Å². The number of sulfonamides is 1. The Balaban J connectivity index is 1.96. The van der Waals surface area contributed by atoms with Gasteiger partial charge in [0, 0.05) is 25.7 Å². The first-order chi connectivity index (χ1) is 8.04. The molecule has 2 heterocycles. The van der Waals surface area contributed by atoms with Gasteiger partial charge in [0.1, 0.15) is 6.61 Å². The fraction of sp³-hybridized carbons (Fsp3) is 0.700. The Hall–Kier alpha value is -1.08. The van der Waals surface area contributed by atoms with Gasteiger partial charge >= 0.3 is 6.09 Å². The van der Waals surface area contributed by atoms with Gasteiger partial charge in [-0.15, -0.1) is 0 Å². The lowest BCUT2D eigenvalue weighted by molar-refractivity contribution is 0.0851. The minimum Gasteiger partial charge on any atom is -0.445 e. The fourth-order valence-electron chi connectivity index (χ4n) is 2.23. The smallest absolute Gasteiger partial charge is 0.410 e. The maximum atomic E-state index is 11.6. The molecule has 0 aromatic rings. The Labute approximate surface area is 101 Å². The topological polar surface area (TPSA) is 66.9 Å². The number of rotatable bonds is 2. The van der Waals surface area contributed by atoms with Gasteiger partial charge in [-0.2, -0.15) is 4.31 Å². The summed E-state index contributed by atoms with van der Waals surface area (Å²) in [6.07, 6.45) is 1.70. The molecule has 2 saturated heterocycles. The Morgan fingerprint density at radius 3 is 2.94 bits per heavy atom. The van der Waals surface area contributed by atoms with Gasteiger partial charge in [-0.1, -0.05) is 12.7 Å². The summed E-state index contributed by atoms with van der Waals surface area (Å²) in [4.78, 5) is 13.2. The summed E-state index contributed by atoms with van der Waals surface area (Å²) >= 11 is 0. The Morgan fingerprint density at radius 2 is 2.24 bits per heavy atom. The fourth-order valence-corrected chi connectivity index (χ4v) is 4.02. The van der Waals surface area contributed by atoms with Crippen LogP contribution in [0.2, 0.25) is 0 Å². The van der Waals surface area contributed by atoms with E-state index in [0.717, 1.165) is 0 Å². The van der Waals surface area contributed by atoms with E-state index in [-0.39, 0.29) is 18.4 Å². The molecule has 0 N–H and O–H groups in total. The lowest BCUT2D eigenvalue weighted by atomic mass is 10.2. The van der Waals surface area contributed by atoms with Gasteiger partial charge in [-0.3, -0.25) is 0 Å². The molecule has 2 rings (SSSR count). The molecule has 0 saturated carbocycles. The molecule has 2 fully saturated rings. The third kappa shape index (κ3) is 2.44. The number of piperazine rings is 1. The van der Waals surface area contributed by atoms with Crippen LogP contribution in [0.15, 0.2) is 12.7 Å². The van der Waals surface area contributed by atoms with Gasteiger partial charge in [0.25, 0.3) is 0 Å². The Bertz CT molecular complexity index is 420. The summed E-state index contributed by atoms with van der Waals surface area (Å²) < 4.78 is 29.7. The second kappa shape index (κ2) is 4.66. The zero-order valence-electron chi connectivity index (χ0n) is 9.54. The van der Waals surface area contributed by atoms with Crippen LogP contribution in [0.3, 0.4) is 0 Å². The number of carbonyl (C=O) groups excluding carboxylic acids is 1. The summed E-state index contributed by atoms with van der Waals surface area (Å²) in [6, 6.07) is -0.0787. The number of nitrogens with zero attached hydrogens (tertiary/aromatic N) is 2. The maximum absolute atomic E-state index is 11.6. The SMILES string of the molecule is C=CCOC(=O)N1CCN2C(CCS2(=O)=O)C1. The zero-order valence-corrected chi connectivity index (χ0v) is 10.4. The average Bonchev–Trinajstić information content (AvgIpc) is 2.62. The predicted molar refractivity (Wildman–Crippen MR) is 62.0 cm³/mol. The van der Waals surface area contributed by atoms with E-state index in [9.17, 15) is 13.2 Å². The third-order valence-electron chi connectivity index (χ3n) is 3.08. The predicted octanol–water partition coefficient (Wildman–Crippen LogP) is 0.0287. The van der Waals surface area contributed by atoms with Crippen LogP contribution >= 0.6 is 0 Å². The highest BCUT2D eigenvalue weighted by molar-refractivity contribution is 7.89. The van der Waals surface area contributed by atoms with E-state index in [1.165, 1.54) is 10.4 Å². The van der Waals surface area contributed by atoms with Crippen molar-refractivity contribution in [3.05, 3.63) is 12.7 Å². The van der Waals surface area contributed by atoms with Crippen LogP contribution in [0.5, 0.6) is 0 Å². The van der Waals surface area contributed by atoms with Crippen molar-refractivity contribution in [1.82, 2.24) is 9.21 Å². The minimum absolute atomic E-state index is 0.0787. The van der Waals surface area contributed by atoms with Crippen molar-refractivity contribution in [2.24, 2.45) is 0 Å². The van der Waals surface area contributed by atoms with E-state index in [2.05, 4.69) is 6.58 Å². The van der Waals surface area contributed by atoms with Crippen LogP contribution in [0, 0.1) is 0 Å². The first kappa shape index (κ1) is 12.4. The molecule has 2 aliphatic heterocycles. The molecule has 7 heteroatoms. The van der Waals surface area contributed by atoms with Gasteiger partial charge in [0.2, 0.25) is 10.0 Å². The third-order valence-corrected chi connectivity index (χ3v) is 5.02. The largest absolute Gasteiger partial charge is 0.445 e. The van der Waals surface area contributed by atoms with E-state index < -0.39 is 16.1 Å². The molecule has 0 aliphatic carbocycles. The van der Waals surface area contributed by atoms with Crippen molar-refractivity contribution in [2.75, 3.05) is 32.0 Å². The molecule has 1 atom stereocenters. The van der Waals surface area contributed by atoms with E-state index in [1.54, 1.807) is 4.90 Å². The summed E-state index contributed by atoms with van der Waals surface area (Å²) in [7, 11) is -3.07. The molecule has 17 heavy (non-hydrogen) atoms. The maximum Gasteiger partial charge on any atom is 0.410 e. The van der Waals surface area contributed by atoms with Crippen molar-refractivity contribution >= 4 is 16.1 Å². The van der Waals surface area contributed by atoms with Crippen molar-refractivity contribution < 1.29 is 17.9 Å². The van der Waals surface area contributed by atoms with Gasteiger partial charge in [0.05, 0.1) is 5.75 Å². The second-order valence-corrected chi connectivity index (χ2v) is 6.22. The molecule has 0 bridgehead atoms. The monoisotopic (exact) mass is 260 g/mol. The molecule has 1 unspecified atom stereocenters. The highest BCUT2D eigenvalue weighted by Crippen LogP contribution is 2.25. The second-order valence-electron chi connectivity index (χ2n) is 4.18. The minimum atomic E-state index is -3.07. The lowest BCUT2D eigenvalue weighted by Crippen LogP contribution is -2.53. The molecule has 96 valence electrons. The molecule has 6 nitrogen and oxygen atoms in total. The van der Waals surface area contributed by atoms with E-state index in [1.807, 2.05) is 0 Å². The quantitative estimate of drug-likeness (QED) is 0.657. The zero-order chi connectivity index (χ0) is 12.5. The summed E-state index contributed by atoms with van der Waals surface area (Å²) in [5.74, 6) is 0.188. The van der Waals surface area contributed by atoms with E-state index in [0.29, 0.717) is 26.1 Å². The molecule has 0 aromatic carbocycles. The van der Waals surface area contributed by atoms with Crippen LogP contribution < -0.4 is 0 Å². The number of fused-ring (bicyclic) bond motifs is 1. The first-order valence-electron chi connectivity index (χ1n) is 5.56. The Kier molecular flexibility index (Phi) is 3.39. The normalized spacial score (nSPS) is 27.5. The van der Waals surface area contributed by atoms with Crippen molar-refractivity contribution in [3.8, 4) is 0 Å². The van der Waals surface area contributed by atoms with Gasteiger partial charge < -0.3 is 9.64 Å². The molecule has 0 radical (unpaired) electrons. The lowest BCUT2D eigenvalue weighted by Gasteiger charge is -2.35. The molecule has 2 aliphatic rings. The van der Waals surface area contributed by atoms with Crippen LogP contribution in [0.1, 0.15) is 6.42 Å². The van der Waals surface area contributed by atoms with E-state index >= 15 is 0 Å². The molecule has 1 amide bonds. The van der Waals surface area contributed by atoms with Crippen LogP contribution in [-0.2, 0) is 14.8 Å². The standard InChI is InChI=1S/C10H16N2O4S/c1-2-6-16-10(13)11-4-5-12-9(8-11)3-7-17(12,14)15/h2,9H,1,3-8H2. The highest BCUT2D eigenvalue weighted by Gasteiger charge is 2.41. The van der Waals surface area contributed by atoms with Crippen molar-refractivity contribution in [1.29, 1.82) is 0 Å². The average molecular weight is 260 g/mol. The van der Waals surface area contributed by atoms with Crippen LogP contribution in [0.25, 0.3) is 0 Å². The molecule has 0 aromatic heterocycles. The Morgan fingerprint density at radius 1 is 1.47 bits per heavy atom. The number of hydrogen-bond donors (Lipinski definition) is 0. The van der Waals surface area contributed by atoms with Crippen molar-refractivity contribution in [3.63, 3.8) is 0 Å². The summed E-state index contributed by atoms with van der Waals surface area (Å²) in [6.45, 7) is 4.84. The van der Waals surface area contributed by atoms with Crippen molar-refractivity contribution in [2.45, 2.75) is 12.5 Å². The highest BCUT2D eigenvalue weighted by atomic mass is 32.2. The molecule has 0 spiro atoms. The van der Waals surface area contributed by atoms with Gasteiger partial charge in [0.15, 0.2) is 0 Å². The first-order valence-corrected chi connectivity index (χ1v) is 7.17. The summed E-state index contributed by atoms with van der Waals surface area (Å²) in [5.41, 5.74) is 0. The number of carbonyl (C=O) groups is 1.